The molecule has 0 spiro atoms. The number of esters is 1. The molecule has 0 saturated carbocycles. The first-order valence-electron chi connectivity index (χ1n) is 6.32. The molecule has 1 aromatic rings. The van der Waals surface area contributed by atoms with Crippen molar-refractivity contribution in [1.82, 2.24) is 5.32 Å². The van der Waals surface area contributed by atoms with Crippen molar-refractivity contribution in [3.05, 3.63) is 34.6 Å². The van der Waals surface area contributed by atoms with Crippen molar-refractivity contribution < 1.29 is 13.9 Å². The number of nitrogens with one attached hydrogen (secondary N) is 1. The van der Waals surface area contributed by atoms with Gasteiger partial charge in [-0.3, -0.25) is 10.1 Å². The normalized spacial score (nSPS) is 22.9. The van der Waals surface area contributed by atoms with Crippen LogP contribution in [0.3, 0.4) is 0 Å². The fraction of sp³-hybridized carbons (Fsp3) is 0.500. The minimum absolute atomic E-state index is 0.319. The Morgan fingerprint density at radius 2 is 2.20 bits per heavy atom. The van der Waals surface area contributed by atoms with E-state index in [4.69, 9.17) is 16.3 Å². The lowest BCUT2D eigenvalue weighted by molar-refractivity contribution is -0.156. The molecular formula is C14H17ClFNO2S. The van der Waals surface area contributed by atoms with Crippen molar-refractivity contribution in [2.75, 3.05) is 5.75 Å². The fourth-order valence-electron chi connectivity index (χ4n) is 1.91. The summed E-state index contributed by atoms with van der Waals surface area (Å²) in [5.74, 6) is -0.156. The first-order valence-corrected chi connectivity index (χ1v) is 7.75. The van der Waals surface area contributed by atoms with Crippen molar-refractivity contribution in [3.8, 4) is 0 Å². The second kappa shape index (κ2) is 5.92. The molecule has 1 fully saturated rings. The Hall–Kier alpha value is -0.780. The van der Waals surface area contributed by atoms with Gasteiger partial charge in [0.05, 0.1) is 5.37 Å². The van der Waals surface area contributed by atoms with Crippen molar-refractivity contribution >= 4 is 29.3 Å². The molecule has 0 bridgehead atoms. The predicted octanol–water partition coefficient (Wildman–Crippen LogP) is 3.52. The number of benzene rings is 1. The quantitative estimate of drug-likeness (QED) is 0.847. The molecule has 1 heterocycles. The van der Waals surface area contributed by atoms with Crippen molar-refractivity contribution in [1.29, 1.82) is 0 Å². The van der Waals surface area contributed by atoms with Crippen LogP contribution >= 0.6 is 23.4 Å². The molecule has 6 heteroatoms. The van der Waals surface area contributed by atoms with Crippen molar-refractivity contribution in [2.45, 2.75) is 37.8 Å². The molecule has 1 unspecified atom stereocenters. The largest absolute Gasteiger partial charge is 0.459 e. The van der Waals surface area contributed by atoms with Gasteiger partial charge in [-0.15, -0.1) is 11.8 Å². The minimum Gasteiger partial charge on any atom is -0.459 e. The van der Waals surface area contributed by atoms with E-state index in [2.05, 4.69) is 5.32 Å². The monoisotopic (exact) mass is 317 g/mol. The van der Waals surface area contributed by atoms with Gasteiger partial charge in [0.25, 0.3) is 0 Å². The molecule has 1 aliphatic heterocycles. The SMILES string of the molecule is CC(C)(C)OC(=O)[C@@H]1CSC(c2c(F)cccc2Cl)N1. The van der Waals surface area contributed by atoms with Crippen LogP contribution in [0, 0.1) is 5.82 Å². The molecule has 1 saturated heterocycles. The number of carbonyl (C=O) groups excluding carboxylic acids is 1. The second-order valence-electron chi connectivity index (χ2n) is 5.60. The summed E-state index contributed by atoms with van der Waals surface area (Å²) in [4.78, 5) is 12.0. The van der Waals surface area contributed by atoms with E-state index in [1.165, 1.54) is 17.8 Å². The van der Waals surface area contributed by atoms with Crippen LogP contribution in [0.1, 0.15) is 31.7 Å². The molecule has 2 rings (SSSR count). The lowest BCUT2D eigenvalue weighted by atomic mass is 10.2. The van der Waals surface area contributed by atoms with Gasteiger partial charge in [0.15, 0.2) is 0 Å². The van der Waals surface area contributed by atoms with Crippen molar-refractivity contribution in [3.63, 3.8) is 0 Å². The molecule has 20 heavy (non-hydrogen) atoms. The summed E-state index contributed by atoms with van der Waals surface area (Å²) in [5, 5.41) is 3.10. The number of rotatable bonds is 2. The van der Waals surface area contributed by atoms with Gasteiger partial charge >= 0.3 is 5.97 Å². The standard InChI is InChI=1S/C14H17ClFNO2S/c1-14(2,3)19-13(18)10-7-20-12(17-10)11-8(15)5-4-6-9(11)16/h4-6,10,12,17H,7H2,1-3H3/t10-,12?/m0/s1. The number of halogens is 2. The van der Waals surface area contributed by atoms with E-state index in [1.807, 2.05) is 20.8 Å². The Morgan fingerprint density at radius 1 is 1.50 bits per heavy atom. The maximum atomic E-state index is 13.8. The third-order valence-electron chi connectivity index (χ3n) is 2.74. The van der Waals surface area contributed by atoms with Crippen LogP contribution in [0.4, 0.5) is 4.39 Å². The van der Waals surface area contributed by atoms with Gasteiger partial charge in [0.2, 0.25) is 0 Å². The molecular weight excluding hydrogens is 301 g/mol. The first kappa shape index (κ1) is 15.6. The van der Waals surface area contributed by atoms with E-state index in [9.17, 15) is 9.18 Å². The summed E-state index contributed by atoms with van der Waals surface area (Å²) in [6.45, 7) is 5.45. The smallest absolute Gasteiger partial charge is 0.324 e. The van der Waals surface area contributed by atoms with Crippen molar-refractivity contribution in [2.24, 2.45) is 0 Å². The Kier molecular flexibility index (Phi) is 4.62. The Labute approximate surface area is 127 Å². The van der Waals surface area contributed by atoms with Gasteiger partial charge in [0.1, 0.15) is 17.5 Å². The number of hydrogen-bond acceptors (Lipinski definition) is 4. The van der Waals surface area contributed by atoms with E-state index in [-0.39, 0.29) is 17.2 Å². The lowest BCUT2D eigenvalue weighted by Gasteiger charge is -2.22. The Balaban J connectivity index is 2.08. The fourth-order valence-corrected chi connectivity index (χ4v) is 3.53. The second-order valence-corrected chi connectivity index (χ2v) is 7.15. The maximum Gasteiger partial charge on any atom is 0.324 e. The molecule has 1 aromatic carbocycles. The summed E-state index contributed by atoms with van der Waals surface area (Å²) in [7, 11) is 0. The average Bonchev–Trinajstić information content (AvgIpc) is 2.76. The molecule has 2 atom stereocenters. The number of ether oxygens (including phenoxy) is 1. The number of carbonyl (C=O) groups is 1. The number of hydrogen-bond donors (Lipinski definition) is 1. The summed E-state index contributed by atoms with van der Waals surface area (Å²) >= 11 is 7.48. The highest BCUT2D eigenvalue weighted by molar-refractivity contribution is 7.99. The zero-order valence-electron chi connectivity index (χ0n) is 11.6. The maximum absolute atomic E-state index is 13.8. The van der Waals surface area contributed by atoms with E-state index in [1.54, 1.807) is 12.1 Å². The highest BCUT2D eigenvalue weighted by Crippen LogP contribution is 2.38. The van der Waals surface area contributed by atoms with Crippen LogP contribution in [0.15, 0.2) is 18.2 Å². The van der Waals surface area contributed by atoms with Crippen LogP contribution in [-0.4, -0.2) is 23.4 Å². The van der Waals surface area contributed by atoms with Gasteiger partial charge in [-0.05, 0) is 32.9 Å². The zero-order valence-corrected chi connectivity index (χ0v) is 13.1. The first-order chi connectivity index (χ1) is 9.28. The molecule has 1 aliphatic rings. The third kappa shape index (κ3) is 3.65. The Bertz CT molecular complexity index is 498. The minimum atomic E-state index is -0.531. The van der Waals surface area contributed by atoms with Gasteiger partial charge in [-0.1, -0.05) is 17.7 Å². The van der Waals surface area contributed by atoms with E-state index in [0.29, 0.717) is 16.3 Å². The molecule has 0 amide bonds. The average molecular weight is 318 g/mol. The molecule has 1 N–H and O–H groups in total. The highest BCUT2D eigenvalue weighted by Gasteiger charge is 2.35. The summed E-state index contributed by atoms with van der Waals surface area (Å²) in [5.41, 5.74) is -0.137. The van der Waals surface area contributed by atoms with Crippen LogP contribution in [0.25, 0.3) is 0 Å². The molecule has 0 radical (unpaired) electrons. The van der Waals surface area contributed by atoms with Gasteiger partial charge < -0.3 is 4.74 Å². The topological polar surface area (TPSA) is 38.3 Å². The molecule has 110 valence electrons. The molecule has 0 aromatic heterocycles. The van der Waals surface area contributed by atoms with E-state index in [0.717, 1.165) is 0 Å². The zero-order chi connectivity index (χ0) is 14.9. The summed E-state index contributed by atoms with van der Waals surface area (Å²) < 4.78 is 19.2. The van der Waals surface area contributed by atoms with Crippen LogP contribution < -0.4 is 5.32 Å². The van der Waals surface area contributed by atoms with Crippen LogP contribution in [0.2, 0.25) is 5.02 Å². The third-order valence-corrected chi connectivity index (χ3v) is 4.30. The number of thioether (sulfide) groups is 1. The van der Waals surface area contributed by atoms with Crippen LogP contribution in [-0.2, 0) is 9.53 Å². The molecule has 0 aliphatic carbocycles. The molecule has 3 nitrogen and oxygen atoms in total. The highest BCUT2D eigenvalue weighted by atomic mass is 35.5. The summed E-state index contributed by atoms with van der Waals surface area (Å²) in [6, 6.07) is 4.12. The Morgan fingerprint density at radius 3 is 2.80 bits per heavy atom. The van der Waals surface area contributed by atoms with Crippen LogP contribution in [0.5, 0.6) is 0 Å². The predicted molar refractivity (Wildman–Crippen MR) is 79.4 cm³/mol. The summed E-state index contributed by atoms with van der Waals surface area (Å²) in [6.07, 6.45) is 0. The van der Waals surface area contributed by atoms with Gasteiger partial charge in [-0.25, -0.2) is 4.39 Å². The lowest BCUT2D eigenvalue weighted by Crippen LogP contribution is -2.39. The van der Waals surface area contributed by atoms with Gasteiger partial charge in [0, 0.05) is 16.3 Å². The van der Waals surface area contributed by atoms with E-state index >= 15 is 0 Å². The van der Waals surface area contributed by atoms with E-state index < -0.39 is 11.6 Å². The van der Waals surface area contributed by atoms with Gasteiger partial charge in [-0.2, -0.15) is 0 Å².